The van der Waals surface area contributed by atoms with Crippen molar-refractivity contribution in [3.8, 4) is 0 Å². The molecule has 0 aliphatic rings. The van der Waals surface area contributed by atoms with E-state index in [-0.39, 0.29) is 5.97 Å². The number of carbonyl (C=O) groups excluding carboxylic acids is 1. The number of aromatic nitrogens is 2. The van der Waals surface area contributed by atoms with Gasteiger partial charge in [-0.2, -0.15) is 0 Å². The van der Waals surface area contributed by atoms with Crippen LogP contribution in [0.15, 0.2) is 24.3 Å². The molecular formula is C10H9N3O2S2. The minimum atomic E-state index is -0.372. The van der Waals surface area contributed by atoms with Gasteiger partial charge in [-0.1, -0.05) is 17.4 Å². The SMILES string of the molecule is COC(=O)c1cccc(Nc2n[nH]c(=S)s2)c1. The van der Waals surface area contributed by atoms with Crippen molar-refractivity contribution in [3.05, 3.63) is 33.8 Å². The summed E-state index contributed by atoms with van der Waals surface area (Å²) in [5.74, 6) is -0.372. The predicted octanol–water partition coefficient (Wildman–Crippen LogP) is 2.73. The van der Waals surface area contributed by atoms with E-state index in [1.807, 2.05) is 6.07 Å². The minimum Gasteiger partial charge on any atom is -0.465 e. The van der Waals surface area contributed by atoms with Crippen LogP contribution in [-0.2, 0) is 4.74 Å². The van der Waals surface area contributed by atoms with Crippen LogP contribution in [0.3, 0.4) is 0 Å². The summed E-state index contributed by atoms with van der Waals surface area (Å²) >= 11 is 6.25. The molecule has 0 aliphatic carbocycles. The molecule has 5 nitrogen and oxygen atoms in total. The molecule has 0 aliphatic heterocycles. The van der Waals surface area contributed by atoms with Crippen molar-refractivity contribution < 1.29 is 9.53 Å². The fraction of sp³-hybridized carbons (Fsp3) is 0.100. The van der Waals surface area contributed by atoms with Crippen LogP contribution in [0.5, 0.6) is 0 Å². The molecule has 0 fully saturated rings. The lowest BCUT2D eigenvalue weighted by atomic mass is 10.2. The number of hydrogen-bond acceptors (Lipinski definition) is 6. The van der Waals surface area contributed by atoms with Crippen molar-refractivity contribution >= 4 is 40.3 Å². The molecule has 1 heterocycles. The van der Waals surface area contributed by atoms with Gasteiger partial charge in [0.1, 0.15) is 0 Å². The van der Waals surface area contributed by atoms with Gasteiger partial charge in [-0.3, -0.25) is 5.10 Å². The Labute approximate surface area is 106 Å². The van der Waals surface area contributed by atoms with Gasteiger partial charge in [0.05, 0.1) is 12.7 Å². The molecule has 2 N–H and O–H groups in total. The number of benzene rings is 1. The van der Waals surface area contributed by atoms with E-state index >= 15 is 0 Å². The predicted molar refractivity (Wildman–Crippen MR) is 68.4 cm³/mol. The Morgan fingerprint density at radius 1 is 1.59 bits per heavy atom. The lowest BCUT2D eigenvalue weighted by Crippen LogP contribution is -2.01. The molecule has 2 rings (SSSR count). The van der Waals surface area contributed by atoms with E-state index in [1.165, 1.54) is 18.4 Å². The Balaban J connectivity index is 2.22. The van der Waals surface area contributed by atoms with E-state index in [2.05, 4.69) is 20.3 Å². The number of methoxy groups -OCH3 is 1. The summed E-state index contributed by atoms with van der Waals surface area (Å²) in [6.07, 6.45) is 0. The summed E-state index contributed by atoms with van der Waals surface area (Å²) in [6, 6.07) is 6.97. The van der Waals surface area contributed by atoms with Gasteiger partial charge >= 0.3 is 5.97 Å². The summed E-state index contributed by atoms with van der Waals surface area (Å²) in [6.45, 7) is 0. The minimum absolute atomic E-state index is 0.372. The van der Waals surface area contributed by atoms with Gasteiger partial charge in [-0.25, -0.2) is 4.79 Å². The molecule has 7 heteroatoms. The zero-order valence-corrected chi connectivity index (χ0v) is 10.5. The maximum atomic E-state index is 11.3. The quantitative estimate of drug-likeness (QED) is 0.661. The monoisotopic (exact) mass is 267 g/mol. The second-order valence-electron chi connectivity index (χ2n) is 3.12. The number of aromatic amines is 1. The fourth-order valence-electron chi connectivity index (χ4n) is 1.25. The van der Waals surface area contributed by atoms with Gasteiger partial charge < -0.3 is 10.1 Å². The highest BCUT2D eigenvalue weighted by Gasteiger charge is 2.06. The van der Waals surface area contributed by atoms with Gasteiger partial charge in [0.15, 0.2) is 3.95 Å². The number of carbonyl (C=O) groups is 1. The summed E-state index contributed by atoms with van der Waals surface area (Å²) < 4.78 is 5.24. The third-order valence-electron chi connectivity index (χ3n) is 1.97. The van der Waals surface area contributed by atoms with Gasteiger partial charge in [-0.15, -0.1) is 5.10 Å². The van der Waals surface area contributed by atoms with Crippen molar-refractivity contribution in [1.82, 2.24) is 10.2 Å². The number of rotatable bonds is 3. The van der Waals surface area contributed by atoms with Crippen molar-refractivity contribution in [1.29, 1.82) is 0 Å². The van der Waals surface area contributed by atoms with E-state index in [4.69, 9.17) is 12.2 Å². The smallest absolute Gasteiger partial charge is 0.337 e. The average molecular weight is 267 g/mol. The first-order chi connectivity index (χ1) is 8.19. The molecule has 88 valence electrons. The van der Waals surface area contributed by atoms with Crippen LogP contribution >= 0.6 is 23.6 Å². The number of nitrogens with zero attached hydrogens (tertiary/aromatic N) is 1. The van der Waals surface area contributed by atoms with Crippen LogP contribution in [0.25, 0.3) is 0 Å². The first-order valence-electron chi connectivity index (χ1n) is 4.70. The van der Waals surface area contributed by atoms with Crippen LogP contribution in [-0.4, -0.2) is 23.3 Å². The van der Waals surface area contributed by atoms with Gasteiger partial charge in [0.2, 0.25) is 5.13 Å². The second-order valence-corrected chi connectivity index (χ2v) is 4.78. The number of anilines is 2. The molecule has 0 unspecified atom stereocenters. The molecule has 0 bridgehead atoms. The van der Waals surface area contributed by atoms with Gasteiger partial charge in [0.25, 0.3) is 0 Å². The maximum absolute atomic E-state index is 11.3. The van der Waals surface area contributed by atoms with E-state index < -0.39 is 0 Å². The van der Waals surface area contributed by atoms with Crippen molar-refractivity contribution in [2.75, 3.05) is 12.4 Å². The van der Waals surface area contributed by atoms with Gasteiger partial charge in [-0.05, 0) is 30.4 Å². The Hall–Kier alpha value is -1.73. The number of H-pyrrole nitrogens is 1. The normalized spacial score (nSPS) is 9.94. The molecular weight excluding hydrogens is 258 g/mol. The molecule has 0 radical (unpaired) electrons. The number of esters is 1. The highest BCUT2D eigenvalue weighted by molar-refractivity contribution is 7.73. The fourth-order valence-corrected chi connectivity index (χ4v) is 2.06. The number of ether oxygens (including phenoxy) is 1. The molecule has 0 amide bonds. The Morgan fingerprint density at radius 2 is 2.41 bits per heavy atom. The zero-order chi connectivity index (χ0) is 12.3. The van der Waals surface area contributed by atoms with E-state index in [0.717, 1.165) is 5.69 Å². The van der Waals surface area contributed by atoms with Gasteiger partial charge in [0, 0.05) is 5.69 Å². The average Bonchev–Trinajstić information content (AvgIpc) is 2.74. The molecule has 17 heavy (non-hydrogen) atoms. The van der Waals surface area contributed by atoms with Crippen LogP contribution in [0.4, 0.5) is 10.8 Å². The topological polar surface area (TPSA) is 67.0 Å². The molecule has 1 aromatic heterocycles. The summed E-state index contributed by atoms with van der Waals surface area (Å²) in [5.41, 5.74) is 1.24. The van der Waals surface area contributed by atoms with E-state index in [9.17, 15) is 4.79 Å². The van der Waals surface area contributed by atoms with E-state index in [1.54, 1.807) is 18.2 Å². The van der Waals surface area contributed by atoms with Crippen molar-refractivity contribution in [3.63, 3.8) is 0 Å². The Morgan fingerprint density at radius 3 is 3.06 bits per heavy atom. The van der Waals surface area contributed by atoms with Crippen LogP contribution in [0.2, 0.25) is 0 Å². The lowest BCUT2D eigenvalue weighted by Gasteiger charge is -2.04. The van der Waals surface area contributed by atoms with Crippen LogP contribution < -0.4 is 5.32 Å². The number of hydrogen-bond donors (Lipinski definition) is 2. The molecule has 2 aromatic rings. The second kappa shape index (κ2) is 5.07. The lowest BCUT2D eigenvalue weighted by molar-refractivity contribution is 0.0601. The first-order valence-corrected chi connectivity index (χ1v) is 5.92. The standard InChI is InChI=1S/C10H9N3O2S2/c1-15-8(14)6-3-2-4-7(5-6)11-9-12-13-10(16)17-9/h2-5H,1H3,(H,11,12)(H,13,16). The van der Waals surface area contributed by atoms with E-state index in [0.29, 0.717) is 14.6 Å². The van der Waals surface area contributed by atoms with Crippen molar-refractivity contribution in [2.45, 2.75) is 0 Å². The van der Waals surface area contributed by atoms with Crippen LogP contribution in [0.1, 0.15) is 10.4 Å². The Bertz CT molecular complexity index is 591. The highest BCUT2D eigenvalue weighted by Crippen LogP contribution is 2.19. The molecule has 0 saturated heterocycles. The summed E-state index contributed by atoms with van der Waals surface area (Å²) in [4.78, 5) is 11.3. The molecule has 0 spiro atoms. The third-order valence-corrected chi connectivity index (χ3v) is 2.98. The largest absolute Gasteiger partial charge is 0.465 e. The molecule has 0 saturated carbocycles. The van der Waals surface area contributed by atoms with Crippen LogP contribution in [0, 0.1) is 3.95 Å². The summed E-state index contributed by atoms with van der Waals surface area (Å²) in [5, 5.41) is 10.3. The zero-order valence-electron chi connectivity index (χ0n) is 8.89. The van der Waals surface area contributed by atoms with Crippen molar-refractivity contribution in [2.24, 2.45) is 0 Å². The molecule has 0 atom stereocenters. The summed E-state index contributed by atoms with van der Waals surface area (Å²) in [7, 11) is 1.35. The number of nitrogens with one attached hydrogen (secondary N) is 2. The first kappa shape index (κ1) is 11.7. The molecule has 1 aromatic carbocycles. The maximum Gasteiger partial charge on any atom is 0.337 e. The highest BCUT2D eigenvalue weighted by atomic mass is 32.1. The Kier molecular flexibility index (Phi) is 3.50. The third kappa shape index (κ3) is 2.89.